The van der Waals surface area contributed by atoms with Gasteiger partial charge in [0.1, 0.15) is 10.6 Å². The van der Waals surface area contributed by atoms with Crippen LogP contribution >= 0.6 is 11.3 Å². The van der Waals surface area contributed by atoms with Crippen molar-refractivity contribution in [2.24, 2.45) is 0 Å². The molecule has 0 radical (unpaired) electrons. The number of rotatable bonds is 1. The molecule has 0 atom stereocenters. The molecule has 0 aliphatic rings. The van der Waals surface area contributed by atoms with Gasteiger partial charge in [-0.25, -0.2) is 18.7 Å². The van der Waals surface area contributed by atoms with Crippen molar-refractivity contribution in [1.29, 1.82) is 0 Å². The van der Waals surface area contributed by atoms with E-state index in [9.17, 15) is 14.0 Å². The largest absolute Gasteiger partial charge is 0.334 e. The summed E-state index contributed by atoms with van der Waals surface area (Å²) in [4.78, 5) is 30.8. The summed E-state index contributed by atoms with van der Waals surface area (Å²) in [5, 5.41) is 0. The molecule has 0 aliphatic carbocycles. The molecule has 0 aliphatic heterocycles. The van der Waals surface area contributed by atoms with Crippen LogP contribution in [0, 0.1) is 5.82 Å². The summed E-state index contributed by atoms with van der Waals surface area (Å²) >= 11 is 1.18. The smallest absolute Gasteiger partial charge is 0.296 e. The van der Waals surface area contributed by atoms with Crippen LogP contribution in [0.15, 0.2) is 39.4 Å². The fourth-order valence-electron chi connectivity index (χ4n) is 1.66. The van der Waals surface area contributed by atoms with Crippen molar-refractivity contribution >= 4 is 21.7 Å². The third-order valence-corrected chi connectivity index (χ3v) is 3.22. The Balaban J connectivity index is 2.38. The zero-order chi connectivity index (χ0) is 12.7. The number of hydrogen-bond acceptors (Lipinski definition) is 4. The zero-order valence-electron chi connectivity index (χ0n) is 8.88. The van der Waals surface area contributed by atoms with Gasteiger partial charge >= 0.3 is 5.69 Å². The maximum absolute atomic E-state index is 12.8. The molecule has 5 nitrogen and oxygen atoms in total. The predicted molar refractivity (Wildman–Crippen MR) is 65.8 cm³/mol. The Morgan fingerprint density at radius 3 is 2.67 bits per heavy atom. The van der Waals surface area contributed by atoms with E-state index in [1.54, 1.807) is 0 Å². The third kappa shape index (κ3) is 1.56. The number of nitrogens with zero attached hydrogens (tertiary/aromatic N) is 2. The van der Waals surface area contributed by atoms with E-state index in [4.69, 9.17) is 0 Å². The quantitative estimate of drug-likeness (QED) is 0.719. The number of aromatic nitrogens is 3. The molecule has 0 saturated heterocycles. The van der Waals surface area contributed by atoms with E-state index in [-0.39, 0.29) is 5.52 Å². The maximum atomic E-state index is 12.8. The molecule has 0 fully saturated rings. The lowest BCUT2D eigenvalue weighted by atomic mass is 10.3. The Morgan fingerprint density at radius 1 is 1.22 bits per heavy atom. The Bertz CT molecular complexity index is 832. The molecular weight excluding hydrogens is 257 g/mol. The van der Waals surface area contributed by atoms with E-state index in [1.807, 2.05) is 0 Å². The molecule has 1 N–H and O–H groups in total. The monoisotopic (exact) mass is 263 g/mol. The summed E-state index contributed by atoms with van der Waals surface area (Å²) in [6, 6.07) is 5.10. The minimum absolute atomic E-state index is 0.198. The second-order valence-corrected chi connectivity index (χ2v) is 4.43. The molecule has 0 saturated carbocycles. The van der Waals surface area contributed by atoms with Crippen LogP contribution in [0.2, 0.25) is 0 Å². The van der Waals surface area contributed by atoms with Crippen molar-refractivity contribution in [1.82, 2.24) is 14.5 Å². The first-order chi connectivity index (χ1) is 8.66. The number of hydrogen-bond donors (Lipinski definition) is 1. The molecule has 0 bridgehead atoms. The second-order valence-electron chi connectivity index (χ2n) is 3.58. The molecule has 90 valence electrons. The predicted octanol–water partition coefficient (Wildman–Crippen LogP) is 1.27. The molecular formula is C11H6FN3O2S. The van der Waals surface area contributed by atoms with Crippen LogP contribution in [0.4, 0.5) is 4.39 Å². The van der Waals surface area contributed by atoms with E-state index in [1.165, 1.54) is 41.1 Å². The van der Waals surface area contributed by atoms with Gasteiger partial charge in [-0.05, 0) is 24.3 Å². The van der Waals surface area contributed by atoms with Gasteiger partial charge in [0.25, 0.3) is 5.56 Å². The van der Waals surface area contributed by atoms with Crippen LogP contribution in [0.1, 0.15) is 0 Å². The van der Waals surface area contributed by atoms with Crippen molar-refractivity contribution in [3.8, 4) is 5.69 Å². The van der Waals surface area contributed by atoms with E-state index < -0.39 is 17.1 Å². The van der Waals surface area contributed by atoms with Crippen molar-refractivity contribution in [2.45, 2.75) is 0 Å². The molecule has 3 rings (SSSR count). The lowest BCUT2D eigenvalue weighted by molar-refractivity contribution is 0.627. The Labute approximate surface area is 103 Å². The summed E-state index contributed by atoms with van der Waals surface area (Å²) in [6.07, 6.45) is 0. The standard InChI is InChI=1S/C11H6FN3O2S/c12-6-1-3-7(4-2-6)15-10(16)8-9(14-11(15)17)18-5-13-8/h1-5H,(H,14,17). The van der Waals surface area contributed by atoms with Gasteiger partial charge in [-0.15, -0.1) is 11.3 Å². The van der Waals surface area contributed by atoms with Gasteiger partial charge in [-0.1, -0.05) is 0 Å². The highest BCUT2D eigenvalue weighted by atomic mass is 32.1. The highest BCUT2D eigenvalue weighted by molar-refractivity contribution is 7.16. The Hall–Kier alpha value is -2.28. The summed E-state index contributed by atoms with van der Waals surface area (Å²) in [5.74, 6) is -0.432. The summed E-state index contributed by atoms with van der Waals surface area (Å²) in [5.41, 5.74) is 0.906. The van der Waals surface area contributed by atoms with Gasteiger partial charge < -0.3 is 0 Å². The van der Waals surface area contributed by atoms with Gasteiger partial charge in [0.05, 0.1) is 11.2 Å². The molecule has 0 amide bonds. The van der Waals surface area contributed by atoms with E-state index in [0.717, 1.165) is 4.57 Å². The minimum atomic E-state index is -0.566. The highest BCUT2D eigenvalue weighted by Crippen LogP contribution is 2.10. The van der Waals surface area contributed by atoms with Crippen LogP contribution in [-0.4, -0.2) is 14.5 Å². The fraction of sp³-hybridized carbons (Fsp3) is 0. The first-order valence-electron chi connectivity index (χ1n) is 5.01. The molecule has 7 heteroatoms. The van der Waals surface area contributed by atoms with Crippen molar-refractivity contribution in [2.75, 3.05) is 0 Å². The summed E-state index contributed by atoms with van der Waals surface area (Å²) in [6.45, 7) is 0. The molecule has 2 aromatic heterocycles. The topological polar surface area (TPSA) is 67.8 Å². The lowest BCUT2D eigenvalue weighted by Gasteiger charge is -2.03. The average Bonchev–Trinajstić information content (AvgIpc) is 2.80. The minimum Gasteiger partial charge on any atom is -0.296 e. The van der Waals surface area contributed by atoms with Crippen molar-refractivity contribution in [3.63, 3.8) is 0 Å². The normalized spacial score (nSPS) is 10.9. The van der Waals surface area contributed by atoms with Crippen LogP contribution in [-0.2, 0) is 0 Å². The first-order valence-corrected chi connectivity index (χ1v) is 5.89. The molecule has 1 aromatic carbocycles. The molecule has 2 heterocycles. The number of halogens is 1. The van der Waals surface area contributed by atoms with E-state index >= 15 is 0 Å². The van der Waals surface area contributed by atoms with Gasteiger partial charge in [0.15, 0.2) is 5.52 Å². The number of fused-ring (bicyclic) bond motifs is 1. The molecule has 0 unspecified atom stereocenters. The van der Waals surface area contributed by atoms with E-state index in [0.29, 0.717) is 10.5 Å². The summed E-state index contributed by atoms with van der Waals surface area (Å²) in [7, 11) is 0. The van der Waals surface area contributed by atoms with Crippen molar-refractivity contribution < 1.29 is 4.39 Å². The average molecular weight is 263 g/mol. The third-order valence-electron chi connectivity index (χ3n) is 2.48. The Morgan fingerprint density at radius 2 is 1.94 bits per heavy atom. The SMILES string of the molecule is O=c1[nH]c2scnc2c(=O)n1-c1ccc(F)cc1. The highest BCUT2D eigenvalue weighted by Gasteiger charge is 2.11. The van der Waals surface area contributed by atoms with Gasteiger partial charge in [0.2, 0.25) is 0 Å². The second kappa shape index (κ2) is 3.88. The van der Waals surface area contributed by atoms with Crippen LogP contribution in [0.3, 0.4) is 0 Å². The van der Waals surface area contributed by atoms with Crippen molar-refractivity contribution in [3.05, 3.63) is 56.4 Å². The van der Waals surface area contributed by atoms with Crippen LogP contribution < -0.4 is 11.2 Å². The summed E-state index contributed by atoms with van der Waals surface area (Å²) < 4.78 is 13.8. The molecule has 3 aromatic rings. The van der Waals surface area contributed by atoms with Gasteiger partial charge in [0, 0.05) is 0 Å². The molecule has 0 spiro atoms. The molecule has 18 heavy (non-hydrogen) atoms. The number of thiazole rings is 1. The number of aromatic amines is 1. The van der Waals surface area contributed by atoms with Crippen LogP contribution in [0.5, 0.6) is 0 Å². The number of H-pyrrole nitrogens is 1. The fourth-order valence-corrected chi connectivity index (χ4v) is 2.32. The maximum Gasteiger partial charge on any atom is 0.334 e. The number of benzene rings is 1. The van der Waals surface area contributed by atoms with Gasteiger partial charge in [-0.2, -0.15) is 0 Å². The van der Waals surface area contributed by atoms with E-state index in [2.05, 4.69) is 9.97 Å². The lowest BCUT2D eigenvalue weighted by Crippen LogP contribution is -2.33. The first kappa shape index (κ1) is 10.8. The number of nitrogens with one attached hydrogen (secondary N) is 1. The zero-order valence-corrected chi connectivity index (χ0v) is 9.70. The van der Waals surface area contributed by atoms with Crippen LogP contribution in [0.25, 0.3) is 16.0 Å². The Kier molecular flexibility index (Phi) is 2.34. The van der Waals surface area contributed by atoms with Gasteiger partial charge in [-0.3, -0.25) is 9.78 Å².